The lowest BCUT2D eigenvalue weighted by atomic mass is 10.2. The van der Waals surface area contributed by atoms with Crippen LogP contribution in [0, 0.1) is 0 Å². The third-order valence-electron chi connectivity index (χ3n) is 2.80. The maximum absolute atomic E-state index is 9.37. The van der Waals surface area contributed by atoms with Crippen molar-refractivity contribution in [1.82, 2.24) is 9.97 Å². The highest BCUT2D eigenvalue weighted by Crippen LogP contribution is 2.18. The van der Waals surface area contributed by atoms with E-state index in [1.807, 2.05) is 30.3 Å². The molecule has 0 atom stereocenters. The second-order valence-electron chi connectivity index (χ2n) is 4.20. The van der Waals surface area contributed by atoms with E-state index >= 15 is 0 Å². The predicted molar refractivity (Wildman–Crippen MR) is 78.9 cm³/mol. The number of nitrogens with one attached hydrogen (secondary N) is 1. The number of phenols is 1. The second-order valence-corrected chi connectivity index (χ2v) is 4.20. The number of benzene rings is 2. The normalized spacial score (nSPS) is 11.0. The Morgan fingerprint density at radius 1 is 1.05 bits per heavy atom. The van der Waals surface area contributed by atoms with Crippen LogP contribution < -0.4 is 5.43 Å². The van der Waals surface area contributed by atoms with Crippen LogP contribution in [-0.2, 0) is 0 Å². The van der Waals surface area contributed by atoms with Gasteiger partial charge in [0.25, 0.3) is 0 Å². The highest BCUT2D eigenvalue weighted by molar-refractivity contribution is 5.89. The molecule has 0 radical (unpaired) electrons. The Kier molecular flexibility index (Phi) is 3.24. The van der Waals surface area contributed by atoms with Crippen LogP contribution in [0.3, 0.4) is 0 Å². The minimum Gasteiger partial charge on any atom is -0.508 e. The molecule has 5 nitrogen and oxygen atoms in total. The van der Waals surface area contributed by atoms with E-state index in [1.165, 1.54) is 6.33 Å². The first-order valence-corrected chi connectivity index (χ1v) is 6.11. The first-order chi connectivity index (χ1) is 9.83. The van der Waals surface area contributed by atoms with Crippen LogP contribution in [0.5, 0.6) is 5.75 Å². The van der Waals surface area contributed by atoms with Gasteiger partial charge in [0.2, 0.25) is 0 Å². The zero-order chi connectivity index (χ0) is 13.8. The minimum absolute atomic E-state index is 0.210. The summed E-state index contributed by atoms with van der Waals surface area (Å²) in [5.74, 6) is 0.855. The lowest BCUT2D eigenvalue weighted by molar-refractivity contribution is 0.475. The molecule has 3 rings (SSSR count). The smallest absolute Gasteiger partial charge is 0.157 e. The Balaban J connectivity index is 1.84. The van der Waals surface area contributed by atoms with Gasteiger partial charge in [0, 0.05) is 5.39 Å². The van der Waals surface area contributed by atoms with Crippen molar-refractivity contribution in [3.05, 3.63) is 60.4 Å². The number of fused-ring (bicyclic) bond motifs is 1. The zero-order valence-electron chi connectivity index (χ0n) is 10.6. The summed E-state index contributed by atoms with van der Waals surface area (Å²) in [6.45, 7) is 0. The van der Waals surface area contributed by atoms with Gasteiger partial charge in [-0.1, -0.05) is 24.3 Å². The number of rotatable bonds is 3. The van der Waals surface area contributed by atoms with Gasteiger partial charge in [-0.2, -0.15) is 5.10 Å². The van der Waals surface area contributed by atoms with Crippen LogP contribution >= 0.6 is 0 Å². The first kappa shape index (κ1) is 12.1. The molecule has 98 valence electrons. The number of hydrogen-bond acceptors (Lipinski definition) is 5. The number of aromatic nitrogens is 2. The molecule has 5 heteroatoms. The summed E-state index contributed by atoms with van der Waals surface area (Å²) in [6.07, 6.45) is 3.12. The first-order valence-electron chi connectivity index (χ1n) is 6.11. The van der Waals surface area contributed by atoms with Gasteiger partial charge in [-0.3, -0.25) is 5.43 Å². The van der Waals surface area contributed by atoms with Gasteiger partial charge in [0.15, 0.2) is 5.82 Å². The lowest BCUT2D eigenvalue weighted by Gasteiger charge is -2.03. The fourth-order valence-electron chi connectivity index (χ4n) is 1.87. The van der Waals surface area contributed by atoms with Crippen molar-refractivity contribution in [1.29, 1.82) is 0 Å². The van der Waals surface area contributed by atoms with Gasteiger partial charge in [0.05, 0.1) is 11.7 Å². The lowest BCUT2D eigenvalue weighted by Crippen LogP contribution is -1.95. The molecule has 0 aliphatic carbocycles. The fourth-order valence-corrected chi connectivity index (χ4v) is 1.87. The molecule has 0 aliphatic rings. The molecule has 3 aromatic rings. The van der Waals surface area contributed by atoms with Gasteiger partial charge >= 0.3 is 0 Å². The third-order valence-corrected chi connectivity index (χ3v) is 2.80. The van der Waals surface area contributed by atoms with Crippen molar-refractivity contribution in [2.75, 3.05) is 5.43 Å². The van der Waals surface area contributed by atoms with Crippen LogP contribution in [0.25, 0.3) is 10.9 Å². The quantitative estimate of drug-likeness (QED) is 0.563. The summed E-state index contributed by atoms with van der Waals surface area (Å²) >= 11 is 0. The van der Waals surface area contributed by atoms with Crippen molar-refractivity contribution in [3.63, 3.8) is 0 Å². The Hall–Kier alpha value is -2.95. The van der Waals surface area contributed by atoms with Crippen molar-refractivity contribution in [2.24, 2.45) is 5.10 Å². The predicted octanol–water partition coefficient (Wildman–Crippen LogP) is 2.78. The van der Waals surface area contributed by atoms with Gasteiger partial charge in [-0.05, 0) is 29.8 Å². The summed E-state index contributed by atoms with van der Waals surface area (Å²) in [5, 5.41) is 14.4. The summed E-state index contributed by atoms with van der Waals surface area (Å²) in [7, 11) is 0. The number of para-hydroxylation sites is 1. The Morgan fingerprint density at radius 2 is 1.95 bits per heavy atom. The highest BCUT2D eigenvalue weighted by Gasteiger charge is 2.00. The van der Waals surface area contributed by atoms with E-state index < -0.39 is 0 Å². The van der Waals surface area contributed by atoms with Crippen molar-refractivity contribution < 1.29 is 5.11 Å². The van der Waals surface area contributed by atoms with Gasteiger partial charge in [-0.15, -0.1) is 0 Å². The van der Waals surface area contributed by atoms with E-state index in [0.717, 1.165) is 16.5 Å². The molecular formula is C15H12N4O. The fraction of sp³-hybridized carbons (Fsp3) is 0. The molecule has 0 bridgehead atoms. The number of phenolic OH excluding ortho intramolecular Hbond substituents is 1. The molecule has 0 saturated heterocycles. The Bertz CT molecular complexity index is 765. The Morgan fingerprint density at radius 3 is 2.85 bits per heavy atom. The molecule has 20 heavy (non-hydrogen) atoms. The van der Waals surface area contributed by atoms with Gasteiger partial charge < -0.3 is 5.11 Å². The summed E-state index contributed by atoms with van der Waals surface area (Å²) in [6, 6.07) is 14.6. The molecule has 0 amide bonds. The molecule has 1 aromatic heterocycles. The number of hydrogen-bond donors (Lipinski definition) is 2. The van der Waals surface area contributed by atoms with E-state index in [4.69, 9.17) is 0 Å². The number of aromatic hydroxyl groups is 1. The highest BCUT2D eigenvalue weighted by atomic mass is 16.3. The zero-order valence-corrected chi connectivity index (χ0v) is 10.6. The summed E-state index contributed by atoms with van der Waals surface area (Å²) < 4.78 is 0. The molecule has 0 saturated carbocycles. The second kappa shape index (κ2) is 5.36. The largest absolute Gasteiger partial charge is 0.508 e. The molecule has 1 heterocycles. The minimum atomic E-state index is 0.210. The average Bonchev–Trinajstić information content (AvgIpc) is 2.48. The molecule has 0 unspecified atom stereocenters. The topological polar surface area (TPSA) is 70.4 Å². The number of hydrazone groups is 1. The van der Waals surface area contributed by atoms with Gasteiger partial charge in [0.1, 0.15) is 12.1 Å². The molecule has 2 N–H and O–H groups in total. The number of anilines is 1. The molecule has 0 fully saturated rings. The molecular weight excluding hydrogens is 252 g/mol. The van der Waals surface area contributed by atoms with Crippen LogP contribution in [0.1, 0.15) is 5.56 Å². The van der Waals surface area contributed by atoms with Crippen molar-refractivity contribution in [2.45, 2.75) is 0 Å². The molecule has 2 aromatic carbocycles. The van der Waals surface area contributed by atoms with Crippen molar-refractivity contribution >= 4 is 22.9 Å². The summed E-state index contributed by atoms with van der Waals surface area (Å²) in [4.78, 5) is 8.35. The maximum Gasteiger partial charge on any atom is 0.157 e. The van der Waals surface area contributed by atoms with E-state index in [2.05, 4.69) is 20.5 Å². The SMILES string of the molecule is Oc1cccc(/C=N/Nc2ncnc3ccccc23)c1. The maximum atomic E-state index is 9.37. The van der Waals surface area contributed by atoms with Crippen LogP contribution in [-0.4, -0.2) is 21.3 Å². The monoisotopic (exact) mass is 264 g/mol. The van der Waals surface area contributed by atoms with E-state index in [1.54, 1.807) is 24.4 Å². The average molecular weight is 264 g/mol. The molecule has 0 spiro atoms. The standard InChI is InChI=1S/C15H12N4O/c20-12-5-3-4-11(8-12)9-18-19-15-13-6-1-2-7-14(13)16-10-17-15/h1-10,20H,(H,16,17,19)/b18-9+. The molecule has 0 aliphatic heterocycles. The van der Waals surface area contributed by atoms with Gasteiger partial charge in [-0.25, -0.2) is 9.97 Å². The van der Waals surface area contributed by atoms with Crippen LogP contribution in [0.15, 0.2) is 60.0 Å². The van der Waals surface area contributed by atoms with Crippen LogP contribution in [0.4, 0.5) is 5.82 Å². The third kappa shape index (κ3) is 2.56. The van der Waals surface area contributed by atoms with Crippen LogP contribution in [0.2, 0.25) is 0 Å². The number of nitrogens with zero attached hydrogens (tertiary/aromatic N) is 3. The summed E-state index contributed by atoms with van der Waals surface area (Å²) in [5.41, 5.74) is 4.55. The van der Waals surface area contributed by atoms with E-state index in [9.17, 15) is 5.11 Å². The van der Waals surface area contributed by atoms with Crippen molar-refractivity contribution in [3.8, 4) is 5.75 Å². The Labute approximate surface area is 115 Å². The van der Waals surface area contributed by atoms with E-state index in [0.29, 0.717) is 5.82 Å². The van der Waals surface area contributed by atoms with E-state index in [-0.39, 0.29) is 5.75 Å².